The van der Waals surface area contributed by atoms with E-state index in [1.54, 1.807) is 0 Å². The monoisotopic (exact) mass is 250 g/mol. The third-order valence-corrected chi connectivity index (χ3v) is 3.35. The maximum atomic E-state index is 11.9. The van der Waals surface area contributed by atoms with Crippen molar-refractivity contribution in [2.45, 2.75) is 38.6 Å². The number of hydrogen-bond acceptors (Lipinski definition) is 3. The average molecular weight is 250 g/mol. The summed E-state index contributed by atoms with van der Waals surface area (Å²) in [5, 5.41) is 2.91. The normalized spacial score (nSPS) is 16.6. The van der Waals surface area contributed by atoms with Gasteiger partial charge in [0.05, 0.1) is 12.2 Å². The molecule has 1 aromatic heterocycles. The lowest BCUT2D eigenvalue weighted by atomic mass is 10.0. The predicted octanol–water partition coefficient (Wildman–Crippen LogP) is 0.862. The molecule has 1 aromatic rings. The standard InChI is InChI=1S/C13H22N4O/c1-2-5-16-13(18)10(7-14)6-12-8-15-9-17(12)11-3-4-11/h8-11H,2-7,14H2,1H3,(H,16,18). The molecule has 0 aliphatic heterocycles. The molecule has 0 bridgehead atoms. The first-order valence-electron chi connectivity index (χ1n) is 6.74. The van der Waals surface area contributed by atoms with Gasteiger partial charge >= 0.3 is 0 Å². The maximum absolute atomic E-state index is 11.9. The molecule has 0 radical (unpaired) electrons. The lowest BCUT2D eigenvalue weighted by Crippen LogP contribution is -2.37. The number of aromatic nitrogens is 2. The van der Waals surface area contributed by atoms with E-state index >= 15 is 0 Å². The van der Waals surface area contributed by atoms with Crippen molar-refractivity contribution in [3.63, 3.8) is 0 Å². The van der Waals surface area contributed by atoms with E-state index in [0.29, 0.717) is 19.0 Å². The summed E-state index contributed by atoms with van der Waals surface area (Å²) >= 11 is 0. The number of hydrogen-bond donors (Lipinski definition) is 2. The molecule has 1 unspecified atom stereocenters. The van der Waals surface area contributed by atoms with E-state index in [1.165, 1.54) is 12.8 Å². The molecule has 1 atom stereocenters. The Morgan fingerprint density at radius 2 is 2.44 bits per heavy atom. The average Bonchev–Trinajstić information content (AvgIpc) is 3.13. The van der Waals surface area contributed by atoms with Gasteiger partial charge < -0.3 is 15.6 Å². The van der Waals surface area contributed by atoms with Crippen LogP contribution in [0.2, 0.25) is 0 Å². The molecule has 3 N–H and O–H groups in total. The van der Waals surface area contributed by atoms with Crippen LogP contribution in [0.15, 0.2) is 12.5 Å². The quantitative estimate of drug-likeness (QED) is 0.754. The van der Waals surface area contributed by atoms with Crippen molar-refractivity contribution in [2.75, 3.05) is 13.1 Å². The van der Waals surface area contributed by atoms with Crippen LogP contribution in [0, 0.1) is 5.92 Å². The van der Waals surface area contributed by atoms with Gasteiger partial charge in [0, 0.05) is 37.4 Å². The van der Waals surface area contributed by atoms with Crippen LogP contribution in [0.3, 0.4) is 0 Å². The number of carbonyl (C=O) groups is 1. The largest absolute Gasteiger partial charge is 0.356 e. The van der Waals surface area contributed by atoms with E-state index in [0.717, 1.165) is 18.7 Å². The number of amides is 1. The van der Waals surface area contributed by atoms with Crippen LogP contribution in [-0.2, 0) is 11.2 Å². The van der Waals surface area contributed by atoms with Gasteiger partial charge in [-0.3, -0.25) is 4.79 Å². The van der Waals surface area contributed by atoms with Gasteiger partial charge in [0.15, 0.2) is 0 Å². The third kappa shape index (κ3) is 3.10. The van der Waals surface area contributed by atoms with E-state index < -0.39 is 0 Å². The molecule has 1 fully saturated rings. The molecule has 0 spiro atoms. The van der Waals surface area contributed by atoms with Crippen molar-refractivity contribution < 1.29 is 4.79 Å². The van der Waals surface area contributed by atoms with Crippen molar-refractivity contribution in [1.29, 1.82) is 0 Å². The Balaban J connectivity index is 1.96. The Labute approximate surface area is 108 Å². The zero-order valence-corrected chi connectivity index (χ0v) is 10.9. The summed E-state index contributed by atoms with van der Waals surface area (Å²) in [6.45, 7) is 3.14. The Hall–Kier alpha value is -1.36. The molecule has 1 aliphatic rings. The zero-order chi connectivity index (χ0) is 13.0. The van der Waals surface area contributed by atoms with Crippen LogP contribution in [0.5, 0.6) is 0 Å². The molecule has 0 aromatic carbocycles. The van der Waals surface area contributed by atoms with E-state index in [4.69, 9.17) is 5.73 Å². The van der Waals surface area contributed by atoms with E-state index in [2.05, 4.69) is 14.9 Å². The fourth-order valence-corrected chi connectivity index (χ4v) is 2.10. The summed E-state index contributed by atoms with van der Waals surface area (Å²) in [4.78, 5) is 16.1. The van der Waals surface area contributed by atoms with Gasteiger partial charge in [0.2, 0.25) is 5.91 Å². The van der Waals surface area contributed by atoms with Gasteiger partial charge in [-0.25, -0.2) is 4.98 Å². The van der Waals surface area contributed by atoms with Crippen LogP contribution >= 0.6 is 0 Å². The molecule has 1 heterocycles. The number of nitrogens with one attached hydrogen (secondary N) is 1. The third-order valence-electron chi connectivity index (χ3n) is 3.35. The van der Waals surface area contributed by atoms with E-state index in [1.807, 2.05) is 19.4 Å². The molecule has 1 saturated carbocycles. The van der Waals surface area contributed by atoms with Crippen molar-refractivity contribution in [3.8, 4) is 0 Å². The summed E-state index contributed by atoms with van der Waals surface area (Å²) in [5.41, 5.74) is 6.84. The molecular weight excluding hydrogens is 228 g/mol. The highest BCUT2D eigenvalue weighted by molar-refractivity contribution is 5.79. The molecule has 0 saturated heterocycles. The molecule has 5 heteroatoms. The molecule has 18 heavy (non-hydrogen) atoms. The van der Waals surface area contributed by atoms with Crippen molar-refractivity contribution in [3.05, 3.63) is 18.2 Å². The van der Waals surface area contributed by atoms with Crippen molar-refractivity contribution >= 4 is 5.91 Å². The van der Waals surface area contributed by atoms with Gasteiger partial charge in [-0.05, 0) is 19.3 Å². The highest BCUT2D eigenvalue weighted by atomic mass is 16.1. The van der Waals surface area contributed by atoms with Crippen LogP contribution in [-0.4, -0.2) is 28.5 Å². The second kappa shape index (κ2) is 6.00. The summed E-state index contributed by atoms with van der Waals surface area (Å²) < 4.78 is 2.19. The Morgan fingerprint density at radius 3 is 3.06 bits per heavy atom. The summed E-state index contributed by atoms with van der Waals surface area (Å²) in [5.74, 6) is -0.0892. The molecule has 1 amide bonds. The highest BCUT2D eigenvalue weighted by Crippen LogP contribution is 2.35. The van der Waals surface area contributed by atoms with Crippen LogP contribution in [0.4, 0.5) is 0 Å². The van der Waals surface area contributed by atoms with Gasteiger partial charge in [0.1, 0.15) is 0 Å². The highest BCUT2D eigenvalue weighted by Gasteiger charge is 2.27. The minimum absolute atomic E-state index is 0.0582. The number of nitrogens with zero attached hydrogens (tertiary/aromatic N) is 2. The fraction of sp³-hybridized carbons (Fsp3) is 0.692. The number of imidazole rings is 1. The second-order valence-corrected chi connectivity index (χ2v) is 4.95. The SMILES string of the molecule is CCCNC(=O)C(CN)Cc1cncn1C1CC1. The van der Waals surface area contributed by atoms with Crippen molar-refractivity contribution in [1.82, 2.24) is 14.9 Å². The molecular formula is C13H22N4O. The number of rotatable bonds is 7. The van der Waals surface area contributed by atoms with E-state index in [9.17, 15) is 4.79 Å². The Kier molecular flexibility index (Phi) is 4.36. The first-order chi connectivity index (χ1) is 8.76. The van der Waals surface area contributed by atoms with Crippen LogP contribution in [0.25, 0.3) is 0 Å². The lowest BCUT2D eigenvalue weighted by molar-refractivity contribution is -0.124. The topological polar surface area (TPSA) is 72.9 Å². The van der Waals surface area contributed by atoms with Gasteiger partial charge in [-0.1, -0.05) is 6.92 Å². The lowest BCUT2D eigenvalue weighted by Gasteiger charge is -2.15. The first kappa shape index (κ1) is 13.1. The second-order valence-electron chi connectivity index (χ2n) is 4.95. The van der Waals surface area contributed by atoms with Gasteiger partial charge in [-0.15, -0.1) is 0 Å². The molecule has 100 valence electrons. The van der Waals surface area contributed by atoms with Gasteiger partial charge in [-0.2, -0.15) is 0 Å². The summed E-state index contributed by atoms with van der Waals surface area (Å²) in [7, 11) is 0. The molecule has 1 aliphatic carbocycles. The summed E-state index contributed by atoms with van der Waals surface area (Å²) in [6, 6.07) is 0.597. The van der Waals surface area contributed by atoms with Crippen LogP contribution < -0.4 is 11.1 Å². The summed E-state index contributed by atoms with van der Waals surface area (Å²) in [6.07, 6.45) is 7.79. The minimum atomic E-state index is -0.147. The maximum Gasteiger partial charge on any atom is 0.224 e. The fourth-order valence-electron chi connectivity index (χ4n) is 2.10. The number of carbonyl (C=O) groups excluding carboxylic acids is 1. The smallest absolute Gasteiger partial charge is 0.224 e. The predicted molar refractivity (Wildman–Crippen MR) is 70.0 cm³/mol. The Morgan fingerprint density at radius 1 is 1.67 bits per heavy atom. The molecule has 5 nitrogen and oxygen atoms in total. The zero-order valence-electron chi connectivity index (χ0n) is 10.9. The van der Waals surface area contributed by atoms with Gasteiger partial charge in [0.25, 0.3) is 0 Å². The number of nitrogens with two attached hydrogens (primary N) is 1. The van der Waals surface area contributed by atoms with Crippen molar-refractivity contribution in [2.24, 2.45) is 11.7 Å². The first-order valence-corrected chi connectivity index (χ1v) is 6.74. The van der Waals surface area contributed by atoms with Crippen LogP contribution in [0.1, 0.15) is 37.9 Å². The minimum Gasteiger partial charge on any atom is -0.356 e. The molecule has 2 rings (SSSR count). The van der Waals surface area contributed by atoms with E-state index in [-0.39, 0.29) is 11.8 Å². The Bertz CT molecular complexity index is 397.